The standard InChI is InChI=1S/C24H27F3N6OS/c1-30-7-4-15(10-21(30)34)23-28-29-24(31(23)2)35-9-3-6-32-13-16-5-8-33(20(16)14-32)22-18(26)11-17(25)12-19(22)27/h4,7,10-12,16,20H,3,5-6,8-9,13-14H2,1-2H3/t16-,20+/m1/s1. The Labute approximate surface area is 205 Å². The molecular weight excluding hydrogens is 477 g/mol. The summed E-state index contributed by atoms with van der Waals surface area (Å²) in [5.41, 5.74) is 0.529. The van der Waals surface area contributed by atoms with Crippen molar-refractivity contribution >= 4 is 17.4 Å². The van der Waals surface area contributed by atoms with Crippen LogP contribution in [0, 0.1) is 23.4 Å². The van der Waals surface area contributed by atoms with E-state index in [4.69, 9.17) is 0 Å². The van der Waals surface area contributed by atoms with Crippen molar-refractivity contribution in [2.24, 2.45) is 20.0 Å². The Morgan fingerprint density at radius 2 is 1.86 bits per heavy atom. The van der Waals surface area contributed by atoms with Crippen molar-refractivity contribution in [2.45, 2.75) is 24.0 Å². The third-order valence-corrected chi connectivity index (χ3v) is 8.05. The Balaban J connectivity index is 1.15. The van der Waals surface area contributed by atoms with Gasteiger partial charge >= 0.3 is 0 Å². The van der Waals surface area contributed by atoms with Crippen molar-refractivity contribution in [3.63, 3.8) is 0 Å². The van der Waals surface area contributed by atoms with E-state index in [9.17, 15) is 18.0 Å². The molecule has 11 heteroatoms. The second-order valence-corrected chi connectivity index (χ2v) is 10.3. The maximum absolute atomic E-state index is 14.3. The van der Waals surface area contributed by atoms with Gasteiger partial charge in [0.2, 0.25) is 0 Å². The summed E-state index contributed by atoms with van der Waals surface area (Å²) in [6.07, 6.45) is 3.51. The van der Waals surface area contributed by atoms with E-state index in [0.29, 0.717) is 18.3 Å². The van der Waals surface area contributed by atoms with Gasteiger partial charge in [0.1, 0.15) is 11.5 Å². The van der Waals surface area contributed by atoms with Crippen molar-refractivity contribution in [1.29, 1.82) is 0 Å². The molecule has 5 rings (SSSR count). The number of rotatable bonds is 7. The highest BCUT2D eigenvalue weighted by molar-refractivity contribution is 7.99. The van der Waals surface area contributed by atoms with E-state index in [1.165, 1.54) is 4.57 Å². The van der Waals surface area contributed by atoms with Gasteiger partial charge in [-0.3, -0.25) is 4.79 Å². The molecule has 2 aliphatic heterocycles. The molecule has 0 unspecified atom stereocenters. The first-order chi connectivity index (χ1) is 16.8. The molecule has 0 saturated carbocycles. The lowest BCUT2D eigenvalue weighted by Gasteiger charge is -2.27. The van der Waals surface area contributed by atoms with Gasteiger partial charge in [0.25, 0.3) is 5.56 Å². The van der Waals surface area contributed by atoms with Gasteiger partial charge in [0.15, 0.2) is 22.6 Å². The van der Waals surface area contributed by atoms with Crippen LogP contribution in [0.2, 0.25) is 0 Å². The lowest BCUT2D eigenvalue weighted by atomic mass is 10.0. The van der Waals surface area contributed by atoms with Crippen molar-refractivity contribution in [3.05, 3.63) is 58.3 Å². The molecule has 2 saturated heterocycles. The lowest BCUT2D eigenvalue weighted by molar-refractivity contribution is 0.318. The highest BCUT2D eigenvalue weighted by Crippen LogP contribution is 2.37. The van der Waals surface area contributed by atoms with E-state index < -0.39 is 17.5 Å². The second-order valence-electron chi connectivity index (χ2n) is 9.22. The number of fused-ring (bicyclic) bond motifs is 1. The van der Waals surface area contributed by atoms with Crippen LogP contribution in [-0.4, -0.2) is 62.2 Å². The van der Waals surface area contributed by atoms with Gasteiger partial charge in [-0.2, -0.15) is 0 Å². The molecule has 7 nitrogen and oxygen atoms in total. The van der Waals surface area contributed by atoms with Crippen LogP contribution in [0.4, 0.5) is 18.9 Å². The monoisotopic (exact) mass is 504 g/mol. The number of likely N-dealkylation sites (tertiary alicyclic amines) is 1. The van der Waals surface area contributed by atoms with Crippen molar-refractivity contribution in [3.8, 4) is 11.4 Å². The molecule has 0 bridgehead atoms. The third-order valence-electron chi connectivity index (χ3n) is 6.94. The maximum Gasteiger partial charge on any atom is 0.250 e. The molecule has 1 aromatic carbocycles. The number of benzene rings is 1. The van der Waals surface area contributed by atoms with Gasteiger partial charge < -0.3 is 18.9 Å². The number of halogens is 3. The van der Waals surface area contributed by atoms with Gasteiger partial charge in [0, 0.05) is 75.5 Å². The number of aromatic nitrogens is 4. The van der Waals surface area contributed by atoms with Crippen LogP contribution >= 0.6 is 11.8 Å². The first-order valence-corrected chi connectivity index (χ1v) is 12.6. The number of hydrogen-bond donors (Lipinski definition) is 0. The molecule has 4 heterocycles. The molecule has 3 aromatic rings. The van der Waals surface area contributed by atoms with Crippen LogP contribution in [0.1, 0.15) is 12.8 Å². The van der Waals surface area contributed by atoms with E-state index in [1.807, 2.05) is 17.7 Å². The number of pyridine rings is 1. The van der Waals surface area contributed by atoms with Gasteiger partial charge in [0.05, 0.1) is 0 Å². The molecule has 0 amide bonds. The van der Waals surface area contributed by atoms with Crippen LogP contribution in [0.3, 0.4) is 0 Å². The van der Waals surface area contributed by atoms with E-state index in [-0.39, 0.29) is 17.3 Å². The van der Waals surface area contributed by atoms with Gasteiger partial charge in [-0.15, -0.1) is 10.2 Å². The molecule has 2 fully saturated rings. The zero-order valence-electron chi connectivity index (χ0n) is 19.6. The Hall–Kier alpha value is -2.79. The lowest BCUT2D eigenvalue weighted by Crippen LogP contribution is -2.36. The molecule has 0 N–H and O–H groups in total. The van der Waals surface area contributed by atoms with Crippen LogP contribution in [-0.2, 0) is 14.1 Å². The average molecular weight is 505 g/mol. The minimum absolute atomic E-state index is 0.0389. The summed E-state index contributed by atoms with van der Waals surface area (Å²) >= 11 is 1.61. The smallest absolute Gasteiger partial charge is 0.250 e. The van der Waals surface area contributed by atoms with Crippen LogP contribution in [0.5, 0.6) is 0 Å². The quantitative estimate of drug-likeness (QED) is 0.364. The largest absolute Gasteiger partial charge is 0.362 e. The summed E-state index contributed by atoms with van der Waals surface area (Å²) in [5.74, 6) is -0.717. The summed E-state index contributed by atoms with van der Waals surface area (Å²) in [6.45, 7) is 3.10. The molecule has 35 heavy (non-hydrogen) atoms. The molecule has 186 valence electrons. The Bertz CT molecular complexity index is 1270. The Morgan fingerprint density at radius 1 is 1.09 bits per heavy atom. The summed E-state index contributed by atoms with van der Waals surface area (Å²) in [7, 11) is 3.59. The third kappa shape index (κ3) is 4.71. The molecule has 0 aliphatic carbocycles. The SMILES string of the molecule is Cn1c(SCCCN2C[C@H]3CCN(c4c(F)cc(F)cc4F)[C@H]3C2)nnc1-c1ccn(C)c(=O)c1. The minimum atomic E-state index is -0.895. The van der Waals surface area contributed by atoms with Crippen molar-refractivity contribution in [2.75, 3.05) is 36.8 Å². The average Bonchev–Trinajstić information content (AvgIpc) is 3.48. The number of anilines is 1. The summed E-state index contributed by atoms with van der Waals surface area (Å²) < 4.78 is 45.4. The molecule has 2 aromatic heterocycles. The van der Waals surface area contributed by atoms with Crippen molar-refractivity contribution < 1.29 is 13.2 Å². The van der Waals surface area contributed by atoms with E-state index >= 15 is 0 Å². The number of hydrogen-bond acceptors (Lipinski definition) is 6. The first-order valence-electron chi connectivity index (χ1n) is 11.6. The Morgan fingerprint density at radius 3 is 2.60 bits per heavy atom. The predicted octanol–water partition coefficient (Wildman–Crippen LogP) is 3.29. The van der Waals surface area contributed by atoms with Gasteiger partial charge in [-0.1, -0.05) is 11.8 Å². The Kier molecular flexibility index (Phi) is 6.63. The number of thioether (sulfide) groups is 1. The van der Waals surface area contributed by atoms with Gasteiger partial charge in [-0.05, 0) is 31.4 Å². The van der Waals surface area contributed by atoms with E-state index in [0.717, 1.165) is 61.1 Å². The number of aryl methyl sites for hydroxylation is 1. The summed E-state index contributed by atoms with van der Waals surface area (Å²) in [6, 6.07) is 4.94. The predicted molar refractivity (Wildman–Crippen MR) is 129 cm³/mol. The van der Waals surface area contributed by atoms with Crippen LogP contribution < -0.4 is 10.5 Å². The summed E-state index contributed by atoms with van der Waals surface area (Å²) in [4.78, 5) is 16.0. The zero-order valence-corrected chi connectivity index (χ0v) is 20.4. The maximum atomic E-state index is 14.3. The van der Waals surface area contributed by atoms with Gasteiger partial charge in [-0.25, -0.2) is 13.2 Å². The van der Waals surface area contributed by atoms with Crippen LogP contribution in [0.15, 0.2) is 40.4 Å². The van der Waals surface area contributed by atoms with E-state index in [1.54, 1.807) is 36.0 Å². The summed E-state index contributed by atoms with van der Waals surface area (Å²) in [5, 5.41) is 9.31. The second kappa shape index (κ2) is 9.69. The highest BCUT2D eigenvalue weighted by Gasteiger charge is 2.42. The molecule has 2 atom stereocenters. The van der Waals surface area contributed by atoms with Crippen molar-refractivity contribution in [1.82, 2.24) is 24.2 Å². The molecule has 0 radical (unpaired) electrons. The molecule has 0 spiro atoms. The highest BCUT2D eigenvalue weighted by atomic mass is 32.2. The molecule has 2 aliphatic rings. The normalized spacial score (nSPS) is 20.1. The molecular formula is C24H27F3N6OS. The fraction of sp³-hybridized carbons (Fsp3) is 0.458. The first kappa shape index (κ1) is 23.9. The number of nitrogens with zero attached hydrogens (tertiary/aromatic N) is 6. The van der Waals surface area contributed by atoms with Crippen LogP contribution in [0.25, 0.3) is 11.4 Å². The van der Waals surface area contributed by atoms with E-state index in [2.05, 4.69) is 15.1 Å². The topological polar surface area (TPSA) is 59.2 Å². The minimum Gasteiger partial charge on any atom is -0.362 e. The fourth-order valence-corrected chi connectivity index (χ4v) is 5.98. The fourth-order valence-electron chi connectivity index (χ4n) is 5.15. The zero-order chi connectivity index (χ0) is 24.7.